The summed E-state index contributed by atoms with van der Waals surface area (Å²) in [7, 11) is 0. The van der Waals surface area contributed by atoms with E-state index in [2.05, 4.69) is 37.8 Å². The molecule has 1 heteroatoms. The summed E-state index contributed by atoms with van der Waals surface area (Å²) < 4.78 is 0. The lowest BCUT2D eigenvalue weighted by molar-refractivity contribution is 1.22. The molecule has 0 saturated carbocycles. The van der Waals surface area contributed by atoms with E-state index in [0.717, 1.165) is 6.42 Å². The maximum atomic E-state index is 3.72. The summed E-state index contributed by atoms with van der Waals surface area (Å²) in [6.45, 7) is 9.93. The van der Waals surface area contributed by atoms with Gasteiger partial charge < -0.3 is 0 Å². The van der Waals surface area contributed by atoms with Gasteiger partial charge in [-0.2, -0.15) is 0 Å². The van der Waals surface area contributed by atoms with E-state index in [-0.39, 0.29) is 0 Å². The first-order valence-corrected chi connectivity index (χ1v) is 6.06. The molecule has 0 aromatic heterocycles. The van der Waals surface area contributed by atoms with E-state index >= 15 is 0 Å². The zero-order chi connectivity index (χ0) is 11.5. The van der Waals surface area contributed by atoms with Crippen molar-refractivity contribution in [2.24, 2.45) is 0 Å². The molecule has 0 bridgehead atoms. The van der Waals surface area contributed by atoms with E-state index < -0.39 is 0 Å². The Bertz CT molecular complexity index is 290. The Hall–Kier alpha value is -0.950. The van der Waals surface area contributed by atoms with Gasteiger partial charge in [-0.15, -0.1) is 0 Å². The zero-order valence-electron chi connectivity index (χ0n) is 9.86. The van der Waals surface area contributed by atoms with Gasteiger partial charge in [-0.1, -0.05) is 61.7 Å². The van der Waals surface area contributed by atoms with Crippen molar-refractivity contribution < 1.29 is 0 Å². The van der Waals surface area contributed by atoms with E-state index in [1.807, 2.05) is 32.1 Å². The Balaban J connectivity index is 4.68. The molecule has 0 fully saturated rings. The van der Waals surface area contributed by atoms with Crippen LogP contribution in [0.4, 0.5) is 0 Å². The summed E-state index contributed by atoms with van der Waals surface area (Å²) in [5.41, 5.74) is 0. The minimum Gasteiger partial charge on any atom is -0.0990 e. The fourth-order valence-electron chi connectivity index (χ4n) is 1.05. The minimum atomic E-state index is 1.06. The molecule has 0 spiro atoms. The molecular weight excluding hydrogens is 200 g/mol. The SMILES string of the molecule is C=C/C=C(\C=C/C)SC(/C=C\C)=C/CC. The molecule has 0 atom stereocenters. The first-order chi connectivity index (χ1) is 7.28. The summed E-state index contributed by atoms with van der Waals surface area (Å²) >= 11 is 1.77. The number of hydrogen-bond acceptors (Lipinski definition) is 1. The van der Waals surface area contributed by atoms with Gasteiger partial charge >= 0.3 is 0 Å². The van der Waals surface area contributed by atoms with Crippen LogP contribution in [0.3, 0.4) is 0 Å². The first kappa shape index (κ1) is 14.1. The quantitative estimate of drug-likeness (QED) is 0.552. The molecule has 0 aliphatic rings. The van der Waals surface area contributed by atoms with Crippen LogP contribution in [0.5, 0.6) is 0 Å². The standard InChI is InChI=1S/C14H20S/c1-5-9-13(10-6-2)15-14(11-7-3)12-8-4/h5-7,9-12H,1,8H2,2-4H3/b10-6-,11-7-,13-9+,14-12+. The summed E-state index contributed by atoms with van der Waals surface area (Å²) in [5.74, 6) is 0. The van der Waals surface area contributed by atoms with Gasteiger partial charge in [-0.25, -0.2) is 0 Å². The van der Waals surface area contributed by atoms with Crippen LogP contribution in [0.15, 0.2) is 58.9 Å². The van der Waals surface area contributed by atoms with Gasteiger partial charge in [-0.3, -0.25) is 0 Å². The van der Waals surface area contributed by atoms with Crippen molar-refractivity contribution in [2.45, 2.75) is 27.2 Å². The normalized spacial score (nSPS) is 14.1. The Morgan fingerprint density at radius 3 is 2.20 bits per heavy atom. The molecule has 0 aromatic carbocycles. The highest BCUT2D eigenvalue weighted by molar-refractivity contribution is 8.07. The lowest BCUT2D eigenvalue weighted by Crippen LogP contribution is -1.74. The highest BCUT2D eigenvalue weighted by Crippen LogP contribution is 2.27. The fourth-order valence-corrected chi connectivity index (χ4v) is 2.14. The molecule has 0 nitrogen and oxygen atoms in total. The molecule has 0 unspecified atom stereocenters. The third-order valence-corrected chi connectivity index (χ3v) is 2.63. The second kappa shape index (κ2) is 9.60. The van der Waals surface area contributed by atoms with Crippen molar-refractivity contribution in [3.8, 4) is 0 Å². The van der Waals surface area contributed by atoms with Gasteiger partial charge in [0.2, 0.25) is 0 Å². The number of rotatable bonds is 6. The molecule has 0 amide bonds. The Morgan fingerprint density at radius 2 is 1.73 bits per heavy atom. The molecule has 15 heavy (non-hydrogen) atoms. The van der Waals surface area contributed by atoms with E-state index in [4.69, 9.17) is 0 Å². The average Bonchev–Trinajstić information content (AvgIpc) is 2.19. The predicted molar refractivity (Wildman–Crippen MR) is 73.9 cm³/mol. The van der Waals surface area contributed by atoms with Crippen LogP contribution in [0.1, 0.15) is 27.2 Å². The molecule has 0 saturated heterocycles. The zero-order valence-corrected chi connectivity index (χ0v) is 10.7. The number of hydrogen-bond donors (Lipinski definition) is 0. The second-order valence-corrected chi connectivity index (χ2v) is 4.07. The van der Waals surface area contributed by atoms with Crippen molar-refractivity contribution in [3.63, 3.8) is 0 Å². The summed E-state index contributed by atoms with van der Waals surface area (Å²) in [6.07, 6.45) is 15.5. The molecule has 0 heterocycles. The van der Waals surface area contributed by atoms with Crippen molar-refractivity contribution in [3.05, 3.63) is 58.9 Å². The van der Waals surface area contributed by atoms with Gasteiger partial charge in [0.15, 0.2) is 0 Å². The lowest BCUT2D eigenvalue weighted by atomic mass is 10.4. The molecule has 82 valence electrons. The monoisotopic (exact) mass is 220 g/mol. The summed E-state index contributed by atoms with van der Waals surface area (Å²) in [4.78, 5) is 2.50. The van der Waals surface area contributed by atoms with E-state index in [1.165, 1.54) is 9.81 Å². The lowest BCUT2D eigenvalue weighted by Gasteiger charge is -2.02. The Morgan fingerprint density at radius 1 is 1.13 bits per heavy atom. The fraction of sp³-hybridized carbons (Fsp3) is 0.286. The van der Waals surface area contributed by atoms with Gasteiger partial charge in [0.1, 0.15) is 0 Å². The number of allylic oxidation sites excluding steroid dienone is 7. The highest BCUT2D eigenvalue weighted by Gasteiger charge is 1.96. The van der Waals surface area contributed by atoms with Gasteiger partial charge in [-0.05, 0) is 26.3 Å². The molecule has 0 aromatic rings. The van der Waals surface area contributed by atoms with Gasteiger partial charge in [0.25, 0.3) is 0 Å². The van der Waals surface area contributed by atoms with Gasteiger partial charge in [0.05, 0.1) is 0 Å². The van der Waals surface area contributed by atoms with Crippen molar-refractivity contribution in [1.29, 1.82) is 0 Å². The van der Waals surface area contributed by atoms with E-state index in [1.54, 1.807) is 11.8 Å². The topological polar surface area (TPSA) is 0 Å². The molecule has 0 aliphatic heterocycles. The average molecular weight is 220 g/mol. The van der Waals surface area contributed by atoms with Crippen LogP contribution < -0.4 is 0 Å². The smallest absolute Gasteiger partial charge is 0.0118 e. The summed E-state index contributed by atoms with van der Waals surface area (Å²) in [5, 5.41) is 0. The van der Waals surface area contributed by atoms with Crippen LogP contribution >= 0.6 is 11.8 Å². The Kier molecular flexibility index (Phi) is 8.99. The summed E-state index contributed by atoms with van der Waals surface area (Å²) in [6, 6.07) is 0. The number of thioether (sulfide) groups is 1. The maximum absolute atomic E-state index is 3.72. The third-order valence-electron chi connectivity index (χ3n) is 1.58. The van der Waals surface area contributed by atoms with Crippen LogP contribution in [0, 0.1) is 0 Å². The minimum absolute atomic E-state index is 1.06. The Labute approximate surface area is 98.2 Å². The second-order valence-electron chi connectivity index (χ2n) is 2.92. The molecular formula is C14H20S. The van der Waals surface area contributed by atoms with Crippen LogP contribution in [0.2, 0.25) is 0 Å². The molecule has 0 rings (SSSR count). The third kappa shape index (κ3) is 7.03. The van der Waals surface area contributed by atoms with E-state index in [0.29, 0.717) is 0 Å². The van der Waals surface area contributed by atoms with Gasteiger partial charge in [0, 0.05) is 9.81 Å². The molecule has 0 N–H and O–H groups in total. The van der Waals surface area contributed by atoms with Crippen molar-refractivity contribution in [1.82, 2.24) is 0 Å². The van der Waals surface area contributed by atoms with Crippen molar-refractivity contribution >= 4 is 11.8 Å². The van der Waals surface area contributed by atoms with Crippen LogP contribution in [0.25, 0.3) is 0 Å². The first-order valence-electron chi connectivity index (χ1n) is 5.24. The largest absolute Gasteiger partial charge is 0.0990 e. The molecule has 0 radical (unpaired) electrons. The maximum Gasteiger partial charge on any atom is 0.0118 e. The highest BCUT2D eigenvalue weighted by atomic mass is 32.2. The van der Waals surface area contributed by atoms with Crippen LogP contribution in [-0.2, 0) is 0 Å². The van der Waals surface area contributed by atoms with E-state index in [9.17, 15) is 0 Å². The van der Waals surface area contributed by atoms with Crippen molar-refractivity contribution in [2.75, 3.05) is 0 Å². The molecule has 0 aliphatic carbocycles. The predicted octanol–water partition coefficient (Wildman–Crippen LogP) is 5.24. The van der Waals surface area contributed by atoms with Crippen LogP contribution in [-0.4, -0.2) is 0 Å².